The van der Waals surface area contributed by atoms with Crippen LogP contribution in [0.5, 0.6) is 0 Å². The molecule has 0 radical (unpaired) electrons. The molecule has 21 heavy (non-hydrogen) atoms. The lowest BCUT2D eigenvalue weighted by Gasteiger charge is -2.13. The van der Waals surface area contributed by atoms with Gasteiger partial charge in [-0.05, 0) is 60.8 Å². The van der Waals surface area contributed by atoms with E-state index in [-0.39, 0.29) is 0 Å². The number of hydrogen-bond donors (Lipinski definition) is 3. The summed E-state index contributed by atoms with van der Waals surface area (Å²) in [5.41, 5.74) is 1.57. The first-order chi connectivity index (χ1) is 10.0. The van der Waals surface area contributed by atoms with E-state index in [4.69, 9.17) is 47.6 Å². The third-order valence-corrected chi connectivity index (χ3v) is 3.27. The summed E-state index contributed by atoms with van der Waals surface area (Å²) < 4.78 is 0. The van der Waals surface area contributed by atoms with Gasteiger partial charge in [-0.15, -0.1) is 0 Å². The van der Waals surface area contributed by atoms with Gasteiger partial charge < -0.3 is 16.0 Å². The van der Waals surface area contributed by atoms with E-state index >= 15 is 0 Å². The molecule has 0 atom stereocenters. The molecular weight excluding hydrogens is 345 g/mol. The van der Waals surface area contributed by atoms with Crippen molar-refractivity contribution in [1.82, 2.24) is 5.32 Å². The van der Waals surface area contributed by atoms with Crippen molar-refractivity contribution >= 4 is 69.2 Å². The van der Waals surface area contributed by atoms with Crippen molar-refractivity contribution in [3.05, 3.63) is 58.6 Å². The maximum absolute atomic E-state index is 5.90. The maximum Gasteiger partial charge on any atom is 0.177 e. The van der Waals surface area contributed by atoms with Crippen LogP contribution in [-0.2, 0) is 0 Å². The van der Waals surface area contributed by atoms with Crippen molar-refractivity contribution in [1.29, 1.82) is 0 Å². The van der Waals surface area contributed by atoms with Gasteiger partial charge in [0.1, 0.15) is 0 Å². The first-order valence-corrected chi connectivity index (χ1v) is 7.50. The molecule has 0 aliphatic heterocycles. The summed E-state index contributed by atoms with van der Waals surface area (Å²) in [6, 6.07) is 14.5. The number of hydrogen-bond acceptors (Lipinski definition) is 2. The number of thiocarbonyl (C=S) groups is 2. The van der Waals surface area contributed by atoms with Crippen molar-refractivity contribution in [3.8, 4) is 0 Å². The average molecular weight is 356 g/mol. The van der Waals surface area contributed by atoms with E-state index in [0.29, 0.717) is 20.3 Å². The Morgan fingerprint density at radius 2 is 1.19 bits per heavy atom. The second-order valence-corrected chi connectivity index (χ2v) is 5.74. The highest BCUT2D eigenvalue weighted by molar-refractivity contribution is 7.82. The fraction of sp³-hybridized carbons (Fsp3) is 0. The molecule has 0 unspecified atom stereocenters. The summed E-state index contributed by atoms with van der Waals surface area (Å²) in [4.78, 5) is 0. The van der Waals surface area contributed by atoms with Crippen LogP contribution in [0.15, 0.2) is 48.5 Å². The number of halogens is 2. The molecular formula is C14H11Cl2N3S2. The van der Waals surface area contributed by atoms with Crippen LogP contribution in [0, 0.1) is 0 Å². The minimum atomic E-state index is 0.372. The van der Waals surface area contributed by atoms with Gasteiger partial charge in [-0.25, -0.2) is 0 Å². The third kappa shape index (κ3) is 5.47. The number of rotatable bonds is 2. The van der Waals surface area contributed by atoms with Crippen molar-refractivity contribution in [2.45, 2.75) is 0 Å². The first kappa shape index (κ1) is 16.0. The Balaban J connectivity index is 1.89. The third-order valence-electron chi connectivity index (χ3n) is 2.39. The summed E-state index contributed by atoms with van der Waals surface area (Å²) in [7, 11) is 0. The SMILES string of the molecule is S=C(NC(=S)Nc1cccc(Cl)c1)Nc1cccc(Cl)c1. The topological polar surface area (TPSA) is 36.1 Å². The van der Waals surface area contributed by atoms with Crippen LogP contribution in [0.4, 0.5) is 11.4 Å². The quantitative estimate of drug-likeness (QED) is 0.682. The molecule has 0 heterocycles. The highest BCUT2D eigenvalue weighted by atomic mass is 35.5. The Bertz CT molecular complexity index is 619. The molecule has 0 amide bonds. The van der Waals surface area contributed by atoms with Gasteiger partial charge in [-0.2, -0.15) is 0 Å². The Hall–Kier alpha value is -1.40. The monoisotopic (exact) mass is 355 g/mol. The molecule has 3 nitrogen and oxygen atoms in total. The molecule has 7 heteroatoms. The van der Waals surface area contributed by atoms with E-state index in [2.05, 4.69) is 16.0 Å². The Kier molecular flexibility index (Phi) is 5.76. The van der Waals surface area contributed by atoms with Crippen molar-refractivity contribution in [3.63, 3.8) is 0 Å². The Morgan fingerprint density at radius 1 is 0.762 bits per heavy atom. The average Bonchev–Trinajstić information content (AvgIpc) is 2.38. The first-order valence-electron chi connectivity index (χ1n) is 5.93. The minimum Gasteiger partial charge on any atom is -0.332 e. The summed E-state index contributed by atoms with van der Waals surface area (Å²) in [5.74, 6) is 0. The van der Waals surface area contributed by atoms with E-state index in [1.54, 1.807) is 24.3 Å². The smallest absolute Gasteiger partial charge is 0.177 e. The lowest BCUT2D eigenvalue weighted by atomic mass is 10.3. The largest absolute Gasteiger partial charge is 0.332 e. The minimum absolute atomic E-state index is 0.372. The van der Waals surface area contributed by atoms with E-state index < -0.39 is 0 Å². The van der Waals surface area contributed by atoms with Gasteiger partial charge in [-0.3, -0.25) is 0 Å². The Morgan fingerprint density at radius 3 is 1.57 bits per heavy atom. The van der Waals surface area contributed by atoms with Crippen molar-refractivity contribution < 1.29 is 0 Å². The molecule has 2 aromatic carbocycles. The summed E-state index contributed by atoms with van der Waals surface area (Å²) in [6.45, 7) is 0. The lowest BCUT2D eigenvalue weighted by Crippen LogP contribution is -2.37. The molecule has 0 spiro atoms. The van der Waals surface area contributed by atoms with Gasteiger partial charge in [0, 0.05) is 21.4 Å². The molecule has 108 valence electrons. The summed E-state index contributed by atoms with van der Waals surface area (Å²) in [6.07, 6.45) is 0. The zero-order valence-corrected chi connectivity index (χ0v) is 13.8. The number of nitrogens with one attached hydrogen (secondary N) is 3. The lowest BCUT2D eigenvalue weighted by molar-refractivity contribution is 1.39. The van der Waals surface area contributed by atoms with Crippen LogP contribution in [0.2, 0.25) is 10.0 Å². The molecule has 0 saturated heterocycles. The number of anilines is 2. The number of benzene rings is 2. The predicted octanol–water partition coefficient (Wildman–Crippen LogP) is 4.68. The molecule has 0 aliphatic carbocycles. The molecule has 0 fully saturated rings. The van der Waals surface area contributed by atoms with Gasteiger partial charge in [-0.1, -0.05) is 35.3 Å². The van der Waals surface area contributed by atoms with E-state index in [9.17, 15) is 0 Å². The van der Waals surface area contributed by atoms with Crippen LogP contribution < -0.4 is 16.0 Å². The Labute approximate surface area is 143 Å². The maximum atomic E-state index is 5.90. The predicted molar refractivity (Wildman–Crippen MR) is 98.5 cm³/mol. The molecule has 0 saturated carbocycles. The normalized spacial score (nSPS) is 9.81. The standard InChI is InChI=1S/C14H11Cl2N3S2/c15-9-3-1-5-11(7-9)17-13(20)19-14(21)18-12-6-2-4-10(16)8-12/h1-8H,(H3,17,18,19,20,21). The molecule has 2 rings (SSSR count). The van der Waals surface area contributed by atoms with Gasteiger partial charge in [0.05, 0.1) is 0 Å². The van der Waals surface area contributed by atoms with E-state index in [1.165, 1.54) is 0 Å². The van der Waals surface area contributed by atoms with Crippen molar-refractivity contribution in [2.75, 3.05) is 10.6 Å². The molecule has 0 aliphatic rings. The zero-order valence-electron chi connectivity index (χ0n) is 10.7. The van der Waals surface area contributed by atoms with Crippen LogP contribution >= 0.6 is 47.6 Å². The van der Waals surface area contributed by atoms with Crippen LogP contribution in [0.25, 0.3) is 0 Å². The van der Waals surface area contributed by atoms with E-state index in [0.717, 1.165) is 11.4 Å². The highest BCUT2D eigenvalue weighted by Crippen LogP contribution is 2.15. The van der Waals surface area contributed by atoms with Gasteiger partial charge >= 0.3 is 0 Å². The van der Waals surface area contributed by atoms with Crippen LogP contribution in [0.3, 0.4) is 0 Å². The fourth-order valence-corrected chi connectivity index (χ4v) is 2.45. The fourth-order valence-electron chi connectivity index (χ4n) is 1.56. The molecule has 0 aromatic heterocycles. The molecule has 0 bridgehead atoms. The van der Waals surface area contributed by atoms with Crippen molar-refractivity contribution in [2.24, 2.45) is 0 Å². The van der Waals surface area contributed by atoms with E-state index in [1.807, 2.05) is 24.3 Å². The second-order valence-electron chi connectivity index (χ2n) is 4.05. The molecule has 3 N–H and O–H groups in total. The van der Waals surface area contributed by atoms with Gasteiger partial charge in [0.2, 0.25) is 0 Å². The van der Waals surface area contributed by atoms with Crippen LogP contribution in [-0.4, -0.2) is 10.2 Å². The summed E-state index contributed by atoms with van der Waals surface area (Å²) >= 11 is 22.2. The molecule has 2 aromatic rings. The summed E-state index contributed by atoms with van der Waals surface area (Å²) in [5, 5.41) is 10.9. The van der Waals surface area contributed by atoms with Gasteiger partial charge in [0.25, 0.3) is 0 Å². The zero-order chi connectivity index (χ0) is 15.2. The van der Waals surface area contributed by atoms with Crippen LogP contribution in [0.1, 0.15) is 0 Å². The second kappa shape index (κ2) is 7.56. The van der Waals surface area contributed by atoms with Gasteiger partial charge in [0.15, 0.2) is 10.2 Å². The highest BCUT2D eigenvalue weighted by Gasteiger charge is 2.02.